The molecule has 0 aromatic heterocycles. The quantitative estimate of drug-likeness (QED) is 0.354. The zero-order valence-corrected chi connectivity index (χ0v) is 17.1. The number of rotatable bonds is 4. The number of benzene rings is 3. The number of hydroxylamine groups is 1. The van der Waals surface area contributed by atoms with Crippen LogP contribution in [0.25, 0.3) is 0 Å². The molecular weight excluding hydrogens is 410 g/mol. The van der Waals surface area contributed by atoms with Gasteiger partial charge in [-0.15, -0.1) is 0 Å². The lowest BCUT2D eigenvalue weighted by Gasteiger charge is -2.29. The number of hydrogen-bond donors (Lipinski definition) is 0. The number of amides is 2. The second kappa shape index (κ2) is 7.58. The van der Waals surface area contributed by atoms with Gasteiger partial charge in [-0.25, -0.2) is 9.96 Å². The van der Waals surface area contributed by atoms with Gasteiger partial charge in [0.15, 0.2) is 6.10 Å². The summed E-state index contributed by atoms with van der Waals surface area (Å²) in [7, 11) is 0. The van der Waals surface area contributed by atoms with Crippen molar-refractivity contribution in [2.24, 2.45) is 5.92 Å². The lowest BCUT2D eigenvalue weighted by Crippen LogP contribution is -2.37. The number of carbonyl (C=O) groups is 2. The van der Waals surface area contributed by atoms with Gasteiger partial charge in [-0.2, -0.15) is 0 Å². The summed E-state index contributed by atoms with van der Waals surface area (Å²) in [6.07, 6.45) is -1.02. The van der Waals surface area contributed by atoms with E-state index in [1.54, 1.807) is 36.4 Å². The van der Waals surface area contributed by atoms with Crippen LogP contribution in [-0.4, -0.2) is 22.8 Å². The summed E-state index contributed by atoms with van der Waals surface area (Å²) in [5, 5.41) is 12.9. The van der Waals surface area contributed by atoms with Gasteiger partial charge in [0.1, 0.15) is 5.92 Å². The molecule has 2 aliphatic rings. The van der Waals surface area contributed by atoms with Crippen molar-refractivity contribution in [2.75, 3.05) is 9.96 Å². The molecule has 0 spiro atoms. The van der Waals surface area contributed by atoms with Crippen molar-refractivity contribution < 1.29 is 19.3 Å². The van der Waals surface area contributed by atoms with Crippen LogP contribution in [0.3, 0.4) is 0 Å². The van der Waals surface area contributed by atoms with Gasteiger partial charge in [0.05, 0.1) is 22.3 Å². The summed E-state index contributed by atoms with van der Waals surface area (Å²) in [6, 6.07) is 21.7. The molecule has 3 atom stereocenters. The Morgan fingerprint density at radius 1 is 0.906 bits per heavy atom. The molecule has 3 aromatic carbocycles. The largest absolute Gasteiger partial charge is 0.273 e. The Balaban J connectivity index is 1.62. The van der Waals surface area contributed by atoms with Crippen molar-refractivity contribution in [3.8, 4) is 0 Å². The topological polar surface area (TPSA) is 93.0 Å². The fraction of sp³-hybridized carbons (Fsp3) is 0.167. The highest BCUT2D eigenvalue weighted by molar-refractivity contribution is 6.24. The molecule has 2 heterocycles. The third-order valence-corrected chi connectivity index (χ3v) is 5.91. The monoisotopic (exact) mass is 429 g/mol. The molecule has 2 amide bonds. The SMILES string of the molecule is Cc1ccccc1N1C(=O)[C@H]2[C@H](ON(c3ccccc3)[C@@H]2c2cccc([N+](=O)[O-])c2)C1=O. The Kier molecular flexibility index (Phi) is 4.71. The van der Waals surface area contributed by atoms with Gasteiger partial charge in [0.25, 0.3) is 11.6 Å². The lowest BCUT2D eigenvalue weighted by molar-refractivity contribution is -0.384. The number of nitro benzene ring substituents is 1. The minimum absolute atomic E-state index is 0.0912. The molecular formula is C24H19N3O5. The molecule has 3 aromatic rings. The second-order valence-corrected chi connectivity index (χ2v) is 7.81. The molecule has 0 bridgehead atoms. The van der Waals surface area contributed by atoms with Crippen molar-refractivity contribution in [1.82, 2.24) is 0 Å². The van der Waals surface area contributed by atoms with Gasteiger partial charge in [0.2, 0.25) is 5.91 Å². The molecule has 32 heavy (non-hydrogen) atoms. The number of aryl methyl sites for hydroxylation is 1. The van der Waals surface area contributed by atoms with Crippen molar-refractivity contribution in [1.29, 1.82) is 0 Å². The Labute approximate surface area is 183 Å². The molecule has 2 saturated heterocycles. The number of nitro groups is 1. The molecule has 0 unspecified atom stereocenters. The summed E-state index contributed by atoms with van der Waals surface area (Å²) in [5.74, 6) is -1.67. The van der Waals surface area contributed by atoms with E-state index in [-0.39, 0.29) is 11.6 Å². The van der Waals surface area contributed by atoms with Crippen molar-refractivity contribution in [2.45, 2.75) is 19.1 Å². The summed E-state index contributed by atoms with van der Waals surface area (Å²) in [6.45, 7) is 1.83. The predicted molar refractivity (Wildman–Crippen MR) is 117 cm³/mol. The van der Waals surface area contributed by atoms with E-state index < -0.39 is 28.9 Å². The predicted octanol–water partition coefficient (Wildman–Crippen LogP) is 3.95. The summed E-state index contributed by atoms with van der Waals surface area (Å²) in [5.41, 5.74) is 2.40. The summed E-state index contributed by atoms with van der Waals surface area (Å²) < 4.78 is 0. The highest BCUT2D eigenvalue weighted by Gasteiger charge is 2.60. The normalized spacial score (nSPS) is 22.3. The van der Waals surface area contributed by atoms with E-state index in [1.807, 2.05) is 37.3 Å². The fourth-order valence-electron chi connectivity index (χ4n) is 4.43. The van der Waals surface area contributed by atoms with Gasteiger partial charge >= 0.3 is 0 Å². The maximum atomic E-state index is 13.6. The van der Waals surface area contributed by atoms with E-state index in [1.165, 1.54) is 22.1 Å². The van der Waals surface area contributed by atoms with Crippen LogP contribution < -0.4 is 9.96 Å². The van der Waals surface area contributed by atoms with Crippen molar-refractivity contribution in [3.05, 3.63) is 100 Å². The number of hydrogen-bond acceptors (Lipinski definition) is 6. The molecule has 160 valence electrons. The first-order valence-electron chi connectivity index (χ1n) is 10.2. The van der Waals surface area contributed by atoms with Crippen LogP contribution in [-0.2, 0) is 14.4 Å². The zero-order valence-electron chi connectivity index (χ0n) is 17.1. The minimum Gasteiger partial charge on any atom is -0.273 e. The van der Waals surface area contributed by atoms with Gasteiger partial charge in [-0.05, 0) is 36.2 Å². The minimum atomic E-state index is -1.02. The number of carbonyl (C=O) groups excluding carboxylic acids is 2. The number of para-hydroxylation sites is 2. The van der Waals surface area contributed by atoms with Gasteiger partial charge in [0, 0.05) is 12.1 Å². The number of imide groups is 1. The van der Waals surface area contributed by atoms with E-state index in [0.29, 0.717) is 16.9 Å². The van der Waals surface area contributed by atoms with E-state index in [2.05, 4.69) is 0 Å². The average molecular weight is 429 g/mol. The maximum absolute atomic E-state index is 13.6. The Bertz CT molecular complexity index is 1230. The van der Waals surface area contributed by atoms with E-state index >= 15 is 0 Å². The smallest absolute Gasteiger partial charge is 0.269 e. The van der Waals surface area contributed by atoms with Crippen LogP contribution in [0.2, 0.25) is 0 Å². The molecule has 0 N–H and O–H groups in total. The number of non-ortho nitro benzene ring substituents is 1. The number of fused-ring (bicyclic) bond motifs is 1. The van der Waals surface area contributed by atoms with Crippen LogP contribution in [0.15, 0.2) is 78.9 Å². The second-order valence-electron chi connectivity index (χ2n) is 7.81. The van der Waals surface area contributed by atoms with Crippen molar-refractivity contribution in [3.63, 3.8) is 0 Å². The van der Waals surface area contributed by atoms with Crippen LogP contribution in [0.5, 0.6) is 0 Å². The molecule has 2 aliphatic heterocycles. The molecule has 0 saturated carbocycles. The van der Waals surface area contributed by atoms with Crippen LogP contribution in [0, 0.1) is 23.0 Å². The molecule has 0 aliphatic carbocycles. The van der Waals surface area contributed by atoms with Gasteiger partial charge in [-0.3, -0.25) is 24.5 Å². The average Bonchev–Trinajstić information content (AvgIpc) is 3.31. The highest BCUT2D eigenvalue weighted by atomic mass is 16.7. The number of nitrogens with zero attached hydrogens (tertiary/aromatic N) is 3. The van der Waals surface area contributed by atoms with Crippen molar-refractivity contribution >= 4 is 28.9 Å². The maximum Gasteiger partial charge on any atom is 0.269 e. The summed E-state index contributed by atoms with van der Waals surface area (Å²) in [4.78, 5) is 45.0. The lowest BCUT2D eigenvalue weighted by atomic mass is 9.90. The zero-order chi connectivity index (χ0) is 22.4. The molecule has 0 radical (unpaired) electrons. The third-order valence-electron chi connectivity index (χ3n) is 5.91. The first-order valence-corrected chi connectivity index (χ1v) is 10.2. The third kappa shape index (κ3) is 3.04. The fourth-order valence-corrected chi connectivity index (χ4v) is 4.43. The van der Waals surface area contributed by atoms with E-state index in [0.717, 1.165) is 5.56 Å². The molecule has 5 rings (SSSR count). The first kappa shape index (κ1) is 19.9. The highest BCUT2D eigenvalue weighted by Crippen LogP contribution is 2.48. The van der Waals surface area contributed by atoms with Crippen LogP contribution in [0.1, 0.15) is 17.2 Å². The van der Waals surface area contributed by atoms with Gasteiger partial charge in [-0.1, -0.05) is 48.5 Å². The van der Waals surface area contributed by atoms with E-state index in [9.17, 15) is 19.7 Å². The van der Waals surface area contributed by atoms with Crippen LogP contribution >= 0.6 is 0 Å². The van der Waals surface area contributed by atoms with Crippen LogP contribution in [0.4, 0.5) is 17.1 Å². The first-order chi connectivity index (χ1) is 15.5. The molecule has 2 fully saturated rings. The standard InChI is InChI=1S/C24H19N3O5/c1-15-8-5-6-13-19(15)25-23(28)20-21(16-9-7-12-18(14-16)27(30)31)26(32-22(20)24(25)29)17-10-3-2-4-11-17/h2-14,20-22H,1H3/t20-,21-,22+/m1/s1. The molecule has 8 nitrogen and oxygen atoms in total. The van der Waals surface area contributed by atoms with Gasteiger partial charge < -0.3 is 0 Å². The summed E-state index contributed by atoms with van der Waals surface area (Å²) >= 11 is 0. The molecule has 8 heteroatoms. The number of anilines is 2. The Morgan fingerprint density at radius 3 is 2.34 bits per heavy atom. The van der Waals surface area contributed by atoms with E-state index in [4.69, 9.17) is 4.84 Å². The Hall–Kier alpha value is -4.04. The Morgan fingerprint density at radius 2 is 1.62 bits per heavy atom.